The normalized spacial score (nSPS) is 10.7. The van der Waals surface area contributed by atoms with E-state index in [1.165, 1.54) is 12.1 Å². The number of aromatic carboxylic acids is 1. The molecule has 0 aliphatic heterocycles. The second kappa shape index (κ2) is 6.36. The van der Waals surface area contributed by atoms with Gasteiger partial charge < -0.3 is 10.2 Å². The number of fused-ring (bicyclic) bond motifs is 1. The number of benzene rings is 2. The zero-order chi connectivity index (χ0) is 17.1. The largest absolute Gasteiger partial charge is 0.478 e. The highest BCUT2D eigenvalue weighted by Crippen LogP contribution is 2.37. The average Bonchev–Trinajstić information content (AvgIpc) is 2.50. The second-order valence-corrected chi connectivity index (χ2v) is 4.78. The van der Waals surface area contributed by atoms with E-state index in [4.69, 9.17) is 5.11 Å². The minimum absolute atomic E-state index is 0.0613. The van der Waals surface area contributed by atoms with Crippen LogP contribution < -0.4 is 0 Å². The number of rotatable bonds is 6. The number of hydrogen-bond donors (Lipinski definition) is 2. The van der Waals surface area contributed by atoms with E-state index >= 15 is 0 Å². The van der Waals surface area contributed by atoms with Crippen molar-refractivity contribution in [1.82, 2.24) is 0 Å². The van der Waals surface area contributed by atoms with E-state index in [1.54, 1.807) is 0 Å². The Morgan fingerprint density at radius 3 is 2.30 bits per heavy atom. The fraction of sp³-hybridized carbons (Fsp3) is 0.214. The van der Waals surface area contributed by atoms with Crippen LogP contribution in [0.5, 0.6) is 0 Å². The number of carboxylic acid groups (broad SMARTS) is 1. The molecular formula is C14H12N2O7. The lowest BCUT2D eigenvalue weighted by molar-refractivity contribution is -0.390. The van der Waals surface area contributed by atoms with Gasteiger partial charge in [0.05, 0.1) is 15.4 Å². The van der Waals surface area contributed by atoms with E-state index in [0.717, 1.165) is 12.1 Å². The van der Waals surface area contributed by atoms with Crippen molar-refractivity contribution < 1.29 is 24.9 Å². The number of non-ortho nitro benzene ring substituents is 2. The zero-order valence-electron chi connectivity index (χ0n) is 11.8. The third-order valence-electron chi connectivity index (χ3n) is 3.41. The van der Waals surface area contributed by atoms with Gasteiger partial charge >= 0.3 is 5.97 Å². The van der Waals surface area contributed by atoms with Crippen molar-refractivity contribution >= 4 is 28.1 Å². The molecule has 2 rings (SSSR count). The number of carbonyl (C=O) groups is 1. The molecule has 23 heavy (non-hydrogen) atoms. The van der Waals surface area contributed by atoms with E-state index < -0.39 is 27.2 Å². The fourth-order valence-electron chi connectivity index (χ4n) is 2.52. The first-order chi connectivity index (χ1) is 10.9. The number of aliphatic hydroxyl groups excluding tert-OH is 1. The van der Waals surface area contributed by atoms with Gasteiger partial charge in [0, 0.05) is 24.1 Å². The molecule has 2 N–H and O–H groups in total. The summed E-state index contributed by atoms with van der Waals surface area (Å²) < 4.78 is 0. The van der Waals surface area contributed by atoms with Gasteiger partial charge in [0.25, 0.3) is 11.4 Å². The average molecular weight is 320 g/mol. The topological polar surface area (TPSA) is 144 Å². The Kier molecular flexibility index (Phi) is 4.51. The number of aryl methyl sites for hydroxylation is 1. The predicted molar refractivity (Wildman–Crippen MR) is 79.6 cm³/mol. The lowest BCUT2D eigenvalue weighted by atomic mass is 9.94. The zero-order valence-corrected chi connectivity index (χ0v) is 11.8. The quantitative estimate of drug-likeness (QED) is 0.613. The van der Waals surface area contributed by atoms with Crippen LogP contribution in [0.25, 0.3) is 10.8 Å². The summed E-state index contributed by atoms with van der Waals surface area (Å²) in [5, 5.41) is 40.4. The number of hydrogen-bond acceptors (Lipinski definition) is 6. The third kappa shape index (κ3) is 2.94. The number of nitro groups is 2. The Hall–Kier alpha value is -3.07. The van der Waals surface area contributed by atoms with Crippen LogP contribution in [0.1, 0.15) is 22.3 Å². The SMILES string of the molecule is O=C(O)c1c(CCCO)cc([N+](=O)[O-])c2c([N+](=O)[O-])cccc12. The molecule has 9 heteroatoms. The Morgan fingerprint density at radius 1 is 1.13 bits per heavy atom. The molecule has 2 aromatic rings. The van der Waals surface area contributed by atoms with Crippen molar-refractivity contribution in [3.05, 3.63) is 55.6 Å². The third-order valence-corrected chi connectivity index (χ3v) is 3.41. The van der Waals surface area contributed by atoms with Gasteiger partial charge in [-0.15, -0.1) is 0 Å². The van der Waals surface area contributed by atoms with E-state index in [0.29, 0.717) is 0 Å². The lowest BCUT2D eigenvalue weighted by Crippen LogP contribution is -2.07. The van der Waals surface area contributed by atoms with Gasteiger partial charge in [-0.1, -0.05) is 12.1 Å². The smallest absolute Gasteiger partial charge is 0.336 e. The molecule has 0 fully saturated rings. The van der Waals surface area contributed by atoms with E-state index in [1.807, 2.05) is 0 Å². The highest BCUT2D eigenvalue weighted by Gasteiger charge is 2.28. The van der Waals surface area contributed by atoms with E-state index in [9.17, 15) is 30.1 Å². The van der Waals surface area contributed by atoms with Crippen LogP contribution in [-0.2, 0) is 6.42 Å². The summed E-state index contributed by atoms with van der Waals surface area (Å²) in [5.74, 6) is -1.33. The van der Waals surface area contributed by atoms with Gasteiger partial charge in [-0.25, -0.2) is 4.79 Å². The molecule has 0 heterocycles. The first-order valence-corrected chi connectivity index (χ1v) is 6.60. The summed E-state index contributed by atoms with van der Waals surface area (Å²) in [6, 6.07) is 4.72. The number of nitro benzene ring substituents is 2. The Morgan fingerprint density at radius 2 is 1.78 bits per heavy atom. The molecule has 0 saturated heterocycles. The second-order valence-electron chi connectivity index (χ2n) is 4.78. The molecule has 0 aliphatic rings. The first kappa shape index (κ1) is 16.3. The van der Waals surface area contributed by atoms with E-state index in [2.05, 4.69) is 0 Å². The molecule has 9 nitrogen and oxygen atoms in total. The maximum Gasteiger partial charge on any atom is 0.336 e. The molecule has 120 valence electrons. The highest BCUT2D eigenvalue weighted by molar-refractivity contribution is 6.11. The van der Waals surface area contributed by atoms with Crippen LogP contribution in [0, 0.1) is 20.2 Å². The van der Waals surface area contributed by atoms with Crippen LogP contribution >= 0.6 is 0 Å². The fourth-order valence-corrected chi connectivity index (χ4v) is 2.52. The van der Waals surface area contributed by atoms with Crippen molar-refractivity contribution in [2.75, 3.05) is 6.61 Å². The Balaban J connectivity index is 2.95. The molecule has 0 atom stereocenters. The van der Waals surface area contributed by atoms with Crippen molar-refractivity contribution in [3.8, 4) is 0 Å². The summed E-state index contributed by atoms with van der Waals surface area (Å²) in [6.45, 7) is -0.209. The van der Waals surface area contributed by atoms with Crippen molar-refractivity contribution in [1.29, 1.82) is 0 Å². The van der Waals surface area contributed by atoms with Crippen LogP contribution in [-0.4, -0.2) is 32.6 Å². The predicted octanol–water partition coefficient (Wildman–Crippen LogP) is 2.28. The van der Waals surface area contributed by atoms with E-state index in [-0.39, 0.29) is 41.3 Å². The molecule has 0 saturated carbocycles. The standard InChI is InChI=1S/C14H12N2O7/c17-6-2-3-8-7-11(16(22)23)13-9(12(8)14(18)19)4-1-5-10(13)15(20)21/h1,4-5,7,17H,2-3,6H2,(H,18,19). The summed E-state index contributed by atoms with van der Waals surface area (Å²) in [4.78, 5) is 32.4. The minimum atomic E-state index is -1.33. The maximum absolute atomic E-state index is 11.6. The number of aliphatic hydroxyl groups is 1. The lowest BCUT2D eigenvalue weighted by Gasteiger charge is -2.10. The molecule has 0 bridgehead atoms. The van der Waals surface area contributed by atoms with Crippen LogP contribution in [0.2, 0.25) is 0 Å². The Bertz CT molecular complexity index is 816. The maximum atomic E-state index is 11.6. The van der Waals surface area contributed by atoms with Crippen LogP contribution in [0.15, 0.2) is 24.3 Å². The molecule has 0 aromatic heterocycles. The van der Waals surface area contributed by atoms with Gasteiger partial charge in [0.15, 0.2) is 0 Å². The van der Waals surface area contributed by atoms with Crippen LogP contribution in [0.3, 0.4) is 0 Å². The Labute approximate surface area is 129 Å². The summed E-state index contributed by atoms with van der Waals surface area (Å²) in [7, 11) is 0. The molecular weight excluding hydrogens is 308 g/mol. The summed E-state index contributed by atoms with van der Waals surface area (Å²) in [5.41, 5.74) is -1.11. The minimum Gasteiger partial charge on any atom is -0.478 e. The molecule has 0 spiro atoms. The first-order valence-electron chi connectivity index (χ1n) is 6.60. The highest BCUT2D eigenvalue weighted by atomic mass is 16.6. The van der Waals surface area contributed by atoms with Gasteiger partial charge in [0.1, 0.15) is 5.39 Å². The number of nitrogens with zero attached hydrogens (tertiary/aromatic N) is 2. The molecule has 0 amide bonds. The molecule has 0 radical (unpaired) electrons. The van der Waals surface area contributed by atoms with Crippen molar-refractivity contribution in [2.45, 2.75) is 12.8 Å². The summed E-state index contributed by atoms with van der Waals surface area (Å²) in [6.07, 6.45) is 0.329. The van der Waals surface area contributed by atoms with Gasteiger partial charge in [-0.05, 0) is 18.4 Å². The van der Waals surface area contributed by atoms with Crippen LogP contribution in [0.4, 0.5) is 11.4 Å². The molecule has 0 unspecified atom stereocenters. The van der Waals surface area contributed by atoms with Crippen molar-refractivity contribution in [3.63, 3.8) is 0 Å². The summed E-state index contributed by atoms with van der Waals surface area (Å²) >= 11 is 0. The number of carboxylic acids is 1. The van der Waals surface area contributed by atoms with Gasteiger partial charge in [-0.2, -0.15) is 0 Å². The monoisotopic (exact) mass is 320 g/mol. The molecule has 0 aliphatic carbocycles. The van der Waals surface area contributed by atoms with Gasteiger partial charge in [0.2, 0.25) is 0 Å². The van der Waals surface area contributed by atoms with Gasteiger partial charge in [-0.3, -0.25) is 20.2 Å². The molecule has 2 aromatic carbocycles. The van der Waals surface area contributed by atoms with Crippen molar-refractivity contribution in [2.24, 2.45) is 0 Å².